The lowest BCUT2D eigenvalue weighted by Gasteiger charge is -2.18. The highest BCUT2D eigenvalue weighted by atomic mass is 79.9. The zero-order valence-electron chi connectivity index (χ0n) is 7.13. The van der Waals surface area contributed by atoms with Crippen LogP contribution in [-0.4, -0.2) is 5.11 Å². The zero-order valence-corrected chi connectivity index (χ0v) is 8.72. The number of hydrogen-bond donors (Lipinski definition) is 2. The summed E-state index contributed by atoms with van der Waals surface area (Å²) >= 11 is 3.29. The van der Waals surface area contributed by atoms with E-state index >= 15 is 0 Å². The zero-order chi connectivity index (χ0) is 9.35. The number of anilines is 1. The third-order valence-electron chi connectivity index (χ3n) is 1.70. The minimum atomic E-state index is -0.825. The molecular weight excluding hydrogens is 218 g/mol. The van der Waals surface area contributed by atoms with Gasteiger partial charge in [0.25, 0.3) is 0 Å². The van der Waals surface area contributed by atoms with Crippen molar-refractivity contribution in [2.24, 2.45) is 0 Å². The molecule has 1 aromatic carbocycles. The standard InChI is InChI=1S/C9H12BrNO/c1-9(2,12)6-3-4-7(10)8(11)5-6/h3-5,12H,11H2,1-2H3. The summed E-state index contributed by atoms with van der Waals surface area (Å²) in [7, 11) is 0. The summed E-state index contributed by atoms with van der Waals surface area (Å²) in [6.07, 6.45) is 0. The van der Waals surface area contributed by atoms with Gasteiger partial charge in [-0.25, -0.2) is 0 Å². The topological polar surface area (TPSA) is 46.2 Å². The molecule has 0 aromatic heterocycles. The van der Waals surface area contributed by atoms with Gasteiger partial charge in [0.15, 0.2) is 0 Å². The van der Waals surface area contributed by atoms with Crippen molar-refractivity contribution in [2.75, 3.05) is 5.73 Å². The van der Waals surface area contributed by atoms with E-state index in [2.05, 4.69) is 15.9 Å². The number of nitrogen functional groups attached to an aromatic ring is 1. The molecule has 3 heteroatoms. The van der Waals surface area contributed by atoms with Crippen molar-refractivity contribution >= 4 is 21.6 Å². The second-order valence-corrected chi connectivity index (χ2v) is 4.15. The van der Waals surface area contributed by atoms with Crippen molar-refractivity contribution in [3.05, 3.63) is 28.2 Å². The van der Waals surface area contributed by atoms with Gasteiger partial charge in [-0.15, -0.1) is 0 Å². The third kappa shape index (κ3) is 1.99. The highest BCUT2D eigenvalue weighted by molar-refractivity contribution is 9.10. The number of halogens is 1. The normalized spacial score (nSPS) is 11.7. The number of hydrogen-bond acceptors (Lipinski definition) is 2. The van der Waals surface area contributed by atoms with Gasteiger partial charge in [-0.3, -0.25) is 0 Å². The Kier molecular flexibility index (Phi) is 2.44. The molecule has 1 aromatic rings. The Labute approximate surface area is 80.5 Å². The van der Waals surface area contributed by atoms with E-state index in [1.54, 1.807) is 19.9 Å². The van der Waals surface area contributed by atoms with E-state index in [0.29, 0.717) is 5.69 Å². The second-order valence-electron chi connectivity index (χ2n) is 3.30. The molecule has 0 aliphatic rings. The first-order valence-corrected chi connectivity index (χ1v) is 4.48. The van der Waals surface area contributed by atoms with Crippen LogP contribution in [0.15, 0.2) is 22.7 Å². The van der Waals surface area contributed by atoms with Crippen LogP contribution in [-0.2, 0) is 5.60 Å². The Morgan fingerprint density at radius 2 is 2.00 bits per heavy atom. The summed E-state index contributed by atoms with van der Waals surface area (Å²) in [5, 5.41) is 9.63. The molecule has 1 rings (SSSR count). The molecule has 0 radical (unpaired) electrons. The molecule has 0 heterocycles. The van der Waals surface area contributed by atoms with E-state index in [4.69, 9.17) is 5.73 Å². The van der Waals surface area contributed by atoms with Gasteiger partial charge in [0, 0.05) is 10.2 Å². The SMILES string of the molecule is CC(C)(O)c1ccc(Br)c(N)c1. The van der Waals surface area contributed by atoms with Gasteiger partial charge in [-0.05, 0) is 47.5 Å². The number of rotatable bonds is 1. The van der Waals surface area contributed by atoms with Crippen LogP contribution in [0, 0.1) is 0 Å². The maximum atomic E-state index is 9.63. The summed E-state index contributed by atoms with van der Waals surface area (Å²) in [5.74, 6) is 0. The first kappa shape index (κ1) is 9.55. The van der Waals surface area contributed by atoms with Crippen LogP contribution in [0.3, 0.4) is 0 Å². The Balaban J connectivity index is 3.14. The summed E-state index contributed by atoms with van der Waals surface area (Å²) < 4.78 is 0.857. The average Bonchev–Trinajstić information content (AvgIpc) is 1.92. The summed E-state index contributed by atoms with van der Waals surface area (Å²) in [6.45, 7) is 3.46. The lowest BCUT2D eigenvalue weighted by Crippen LogP contribution is -2.15. The second kappa shape index (κ2) is 3.07. The van der Waals surface area contributed by atoms with E-state index < -0.39 is 5.60 Å². The Bertz CT molecular complexity index is 291. The van der Waals surface area contributed by atoms with Crippen molar-refractivity contribution in [1.82, 2.24) is 0 Å². The minimum absolute atomic E-state index is 0.648. The van der Waals surface area contributed by atoms with Crippen LogP contribution in [0.5, 0.6) is 0 Å². The molecule has 0 unspecified atom stereocenters. The molecule has 0 aliphatic carbocycles. The first-order valence-electron chi connectivity index (χ1n) is 3.69. The fourth-order valence-corrected chi connectivity index (χ4v) is 1.17. The molecule has 0 saturated carbocycles. The number of aliphatic hydroxyl groups is 1. The van der Waals surface area contributed by atoms with Crippen molar-refractivity contribution in [2.45, 2.75) is 19.4 Å². The van der Waals surface area contributed by atoms with Crippen molar-refractivity contribution in [1.29, 1.82) is 0 Å². The molecule has 3 N–H and O–H groups in total. The van der Waals surface area contributed by atoms with Gasteiger partial charge in [-0.2, -0.15) is 0 Å². The number of nitrogens with two attached hydrogens (primary N) is 1. The predicted molar refractivity (Wildman–Crippen MR) is 53.8 cm³/mol. The molecule has 66 valence electrons. The quantitative estimate of drug-likeness (QED) is 0.727. The molecule has 0 bridgehead atoms. The maximum Gasteiger partial charge on any atom is 0.0841 e. The Morgan fingerprint density at radius 1 is 1.42 bits per heavy atom. The summed E-state index contributed by atoms with van der Waals surface area (Å²) in [4.78, 5) is 0. The molecule has 0 fully saturated rings. The first-order chi connectivity index (χ1) is 5.41. The summed E-state index contributed by atoms with van der Waals surface area (Å²) in [6, 6.07) is 5.45. The molecule has 0 saturated heterocycles. The van der Waals surface area contributed by atoms with Gasteiger partial charge in [0.2, 0.25) is 0 Å². The fourth-order valence-electron chi connectivity index (χ4n) is 0.924. The number of benzene rings is 1. The van der Waals surface area contributed by atoms with Crippen molar-refractivity contribution in [3.63, 3.8) is 0 Å². The largest absolute Gasteiger partial charge is 0.398 e. The smallest absolute Gasteiger partial charge is 0.0841 e. The van der Waals surface area contributed by atoms with Crippen molar-refractivity contribution < 1.29 is 5.11 Å². The van der Waals surface area contributed by atoms with E-state index in [1.807, 2.05) is 12.1 Å². The predicted octanol–water partition coefficient (Wildman–Crippen LogP) is 2.26. The van der Waals surface area contributed by atoms with Crippen LogP contribution in [0.4, 0.5) is 5.69 Å². The van der Waals surface area contributed by atoms with Gasteiger partial charge in [0.1, 0.15) is 0 Å². The molecular formula is C9H12BrNO. The molecule has 0 atom stereocenters. The lowest BCUT2D eigenvalue weighted by molar-refractivity contribution is 0.0786. The van der Waals surface area contributed by atoms with Crippen LogP contribution >= 0.6 is 15.9 Å². The van der Waals surface area contributed by atoms with Crippen LogP contribution in [0.2, 0.25) is 0 Å². The molecule has 12 heavy (non-hydrogen) atoms. The monoisotopic (exact) mass is 229 g/mol. The van der Waals surface area contributed by atoms with E-state index in [0.717, 1.165) is 10.0 Å². The Hall–Kier alpha value is -0.540. The van der Waals surface area contributed by atoms with E-state index in [1.165, 1.54) is 0 Å². The van der Waals surface area contributed by atoms with Crippen LogP contribution in [0.1, 0.15) is 19.4 Å². The van der Waals surface area contributed by atoms with Gasteiger partial charge in [0.05, 0.1) is 5.60 Å². The molecule has 2 nitrogen and oxygen atoms in total. The third-order valence-corrected chi connectivity index (χ3v) is 2.42. The maximum absolute atomic E-state index is 9.63. The lowest BCUT2D eigenvalue weighted by atomic mass is 9.98. The highest BCUT2D eigenvalue weighted by Gasteiger charge is 2.16. The summed E-state index contributed by atoms with van der Waals surface area (Å²) in [5.41, 5.74) is 6.30. The van der Waals surface area contributed by atoms with Gasteiger partial charge >= 0.3 is 0 Å². The molecule has 0 spiro atoms. The Morgan fingerprint density at radius 3 is 2.42 bits per heavy atom. The van der Waals surface area contributed by atoms with Crippen molar-refractivity contribution in [3.8, 4) is 0 Å². The van der Waals surface area contributed by atoms with Gasteiger partial charge in [-0.1, -0.05) is 6.07 Å². The van der Waals surface area contributed by atoms with E-state index in [9.17, 15) is 5.11 Å². The van der Waals surface area contributed by atoms with Gasteiger partial charge < -0.3 is 10.8 Å². The van der Waals surface area contributed by atoms with E-state index in [-0.39, 0.29) is 0 Å². The van der Waals surface area contributed by atoms with Crippen LogP contribution < -0.4 is 5.73 Å². The van der Waals surface area contributed by atoms with Crippen LogP contribution in [0.25, 0.3) is 0 Å². The average molecular weight is 230 g/mol. The fraction of sp³-hybridized carbons (Fsp3) is 0.333. The molecule has 0 aliphatic heterocycles. The highest BCUT2D eigenvalue weighted by Crippen LogP contribution is 2.26. The minimum Gasteiger partial charge on any atom is -0.398 e. The molecule has 0 amide bonds.